The molecule has 0 saturated heterocycles. The number of hydrogen-bond donors (Lipinski definition) is 2. The number of nitrogens with two attached hydrogens (primary N) is 1. The van der Waals surface area contributed by atoms with Crippen molar-refractivity contribution in [3.63, 3.8) is 0 Å². The van der Waals surface area contributed by atoms with Crippen molar-refractivity contribution in [3.05, 3.63) is 99.5 Å². The minimum atomic E-state index is -3.84. The Morgan fingerprint density at radius 1 is 0.919 bits per heavy atom. The molecule has 11 heteroatoms. The van der Waals surface area contributed by atoms with Gasteiger partial charge in [0.25, 0.3) is 0 Å². The maximum absolute atomic E-state index is 13.3. The van der Waals surface area contributed by atoms with Crippen molar-refractivity contribution in [2.45, 2.75) is 17.4 Å². The van der Waals surface area contributed by atoms with Crippen molar-refractivity contribution in [2.75, 3.05) is 17.3 Å². The van der Waals surface area contributed by atoms with Crippen LogP contribution in [0.15, 0.2) is 88.9 Å². The molecule has 5 rings (SSSR count). The Morgan fingerprint density at radius 2 is 1.59 bits per heavy atom. The van der Waals surface area contributed by atoms with E-state index in [1.54, 1.807) is 59.6 Å². The van der Waals surface area contributed by atoms with Gasteiger partial charge in [-0.15, -0.1) is 12.4 Å². The Labute approximate surface area is 236 Å². The summed E-state index contributed by atoms with van der Waals surface area (Å²) in [6, 6.07) is 22.7. The first-order chi connectivity index (χ1) is 17.2. The van der Waals surface area contributed by atoms with Crippen LogP contribution < -0.4 is 15.5 Å². The normalized spacial score (nSPS) is 15.5. The molecular formula is C26H22Cl4N4O2S. The zero-order valence-corrected chi connectivity index (χ0v) is 23.1. The second-order valence-corrected chi connectivity index (χ2v) is 11.4. The van der Waals surface area contributed by atoms with E-state index in [1.165, 1.54) is 0 Å². The predicted octanol–water partition coefficient (Wildman–Crippen LogP) is 7.09. The highest BCUT2D eigenvalue weighted by atomic mass is 35.5. The van der Waals surface area contributed by atoms with E-state index in [2.05, 4.69) is 4.72 Å². The van der Waals surface area contributed by atoms with Crippen LogP contribution in [-0.4, -0.2) is 20.7 Å². The Hall–Kier alpha value is -2.52. The number of nitrogens with one attached hydrogen (secondary N) is 1. The van der Waals surface area contributed by atoms with Crippen LogP contribution in [0, 0.1) is 0 Å². The van der Waals surface area contributed by atoms with Gasteiger partial charge in [-0.2, -0.15) is 5.10 Å². The first-order valence-electron chi connectivity index (χ1n) is 11.1. The van der Waals surface area contributed by atoms with Crippen LogP contribution in [0.5, 0.6) is 0 Å². The third-order valence-electron chi connectivity index (χ3n) is 6.06. The molecule has 4 aromatic carbocycles. The number of halogens is 4. The lowest BCUT2D eigenvalue weighted by Crippen LogP contribution is -2.29. The van der Waals surface area contributed by atoms with Gasteiger partial charge in [0.2, 0.25) is 10.0 Å². The van der Waals surface area contributed by atoms with E-state index in [-0.39, 0.29) is 29.9 Å². The lowest BCUT2D eigenvalue weighted by Gasteiger charge is -2.25. The van der Waals surface area contributed by atoms with Gasteiger partial charge in [0.1, 0.15) is 0 Å². The lowest BCUT2D eigenvalue weighted by atomic mass is 10.0. The molecule has 0 aromatic heterocycles. The molecule has 0 amide bonds. The van der Waals surface area contributed by atoms with E-state index in [9.17, 15) is 8.42 Å². The van der Waals surface area contributed by atoms with Crippen molar-refractivity contribution in [2.24, 2.45) is 5.10 Å². The summed E-state index contributed by atoms with van der Waals surface area (Å²) >= 11 is 18.7. The smallest absolute Gasteiger partial charge is 0.241 e. The summed E-state index contributed by atoms with van der Waals surface area (Å²) in [5.74, 6) is 0. The number of rotatable bonds is 6. The zero-order chi connectivity index (χ0) is 25.4. The molecule has 0 spiro atoms. The molecule has 37 heavy (non-hydrogen) atoms. The van der Waals surface area contributed by atoms with Crippen molar-refractivity contribution >= 4 is 85.1 Å². The zero-order valence-electron chi connectivity index (χ0n) is 19.2. The van der Waals surface area contributed by atoms with Crippen molar-refractivity contribution in [1.29, 1.82) is 0 Å². The van der Waals surface area contributed by atoms with Crippen molar-refractivity contribution < 1.29 is 8.42 Å². The number of benzene rings is 4. The standard InChI is InChI=1S/C26H21Cl3N4O2S.ClH/c27-17-9-7-16(8-10-17)25-14-19(32-33(25)24-12-11-18(28)13-22(24)29)15-31-36(34,35)26-6-2-3-20-21(26)4-1-5-23(20)30;/h1-13,25,31H,14-15,30H2;1H. The first kappa shape index (κ1) is 27.5. The summed E-state index contributed by atoms with van der Waals surface area (Å²) in [5, 5.41) is 9.37. The highest BCUT2D eigenvalue weighted by Gasteiger charge is 2.31. The molecule has 1 atom stereocenters. The topological polar surface area (TPSA) is 87.8 Å². The number of hydrogen-bond acceptors (Lipinski definition) is 5. The third kappa shape index (κ3) is 5.67. The van der Waals surface area contributed by atoms with Gasteiger partial charge in [-0.05, 0) is 48.0 Å². The van der Waals surface area contributed by atoms with Gasteiger partial charge in [0.05, 0.1) is 33.9 Å². The Balaban J connectivity index is 0.00000320. The first-order valence-corrected chi connectivity index (χ1v) is 13.7. The molecule has 192 valence electrons. The van der Waals surface area contributed by atoms with E-state index in [0.29, 0.717) is 49.3 Å². The van der Waals surface area contributed by atoms with E-state index < -0.39 is 10.0 Å². The van der Waals surface area contributed by atoms with Crippen LogP contribution in [0.1, 0.15) is 18.0 Å². The molecule has 1 aliphatic rings. The summed E-state index contributed by atoms with van der Waals surface area (Å²) < 4.78 is 29.3. The molecule has 0 aliphatic carbocycles. The summed E-state index contributed by atoms with van der Waals surface area (Å²) in [6.45, 7) is 0.0346. The van der Waals surface area contributed by atoms with E-state index in [1.807, 2.05) is 24.3 Å². The van der Waals surface area contributed by atoms with Crippen LogP contribution in [0.2, 0.25) is 15.1 Å². The average molecular weight is 596 g/mol. The third-order valence-corrected chi connectivity index (χ3v) is 8.31. The van der Waals surface area contributed by atoms with Crippen LogP contribution in [0.3, 0.4) is 0 Å². The number of anilines is 2. The lowest BCUT2D eigenvalue weighted by molar-refractivity contribution is 0.587. The van der Waals surface area contributed by atoms with Gasteiger partial charge >= 0.3 is 0 Å². The van der Waals surface area contributed by atoms with Crippen molar-refractivity contribution in [1.82, 2.24) is 4.72 Å². The quantitative estimate of drug-likeness (QED) is 0.233. The van der Waals surface area contributed by atoms with E-state index in [4.69, 9.17) is 45.6 Å². The molecular weight excluding hydrogens is 574 g/mol. The average Bonchev–Trinajstić information content (AvgIpc) is 3.27. The number of nitrogen functional groups attached to an aromatic ring is 1. The molecule has 4 aromatic rings. The van der Waals surface area contributed by atoms with Crippen LogP contribution in [-0.2, 0) is 10.0 Å². The molecule has 1 heterocycles. The SMILES string of the molecule is Cl.Nc1cccc2c(S(=O)(=O)NCC3=NN(c4ccc(Cl)cc4Cl)C(c4ccc(Cl)cc4)C3)cccc12. The van der Waals surface area contributed by atoms with Crippen LogP contribution in [0.25, 0.3) is 10.8 Å². The number of hydrazone groups is 1. The summed E-state index contributed by atoms with van der Waals surface area (Å²) in [4.78, 5) is 0.165. The second kappa shape index (κ2) is 11.1. The summed E-state index contributed by atoms with van der Waals surface area (Å²) in [5.41, 5.74) is 8.86. The molecule has 3 N–H and O–H groups in total. The maximum Gasteiger partial charge on any atom is 0.241 e. The largest absolute Gasteiger partial charge is 0.398 e. The Morgan fingerprint density at radius 3 is 2.32 bits per heavy atom. The fraction of sp³-hybridized carbons (Fsp3) is 0.115. The van der Waals surface area contributed by atoms with Gasteiger partial charge in [-0.3, -0.25) is 5.01 Å². The van der Waals surface area contributed by atoms with Crippen LogP contribution >= 0.6 is 47.2 Å². The van der Waals surface area contributed by atoms with Gasteiger partial charge in [-0.1, -0.05) is 71.2 Å². The molecule has 0 fully saturated rings. The monoisotopic (exact) mass is 594 g/mol. The number of sulfonamides is 1. The van der Waals surface area contributed by atoms with Gasteiger partial charge in [0, 0.05) is 32.9 Å². The fourth-order valence-electron chi connectivity index (χ4n) is 4.31. The fourth-order valence-corrected chi connectivity index (χ4v) is 6.17. The van der Waals surface area contributed by atoms with Crippen LogP contribution in [0.4, 0.5) is 11.4 Å². The number of fused-ring (bicyclic) bond motifs is 1. The van der Waals surface area contributed by atoms with E-state index >= 15 is 0 Å². The van der Waals surface area contributed by atoms with E-state index in [0.717, 1.165) is 5.56 Å². The van der Waals surface area contributed by atoms with Gasteiger partial charge in [-0.25, -0.2) is 13.1 Å². The highest BCUT2D eigenvalue weighted by molar-refractivity contribution is 7.89. The summed E-state index contributed by atoms with van der Waals surface area (Å²) in [7, 11) is -3.84. The maximum atomic E-state index is 13.3. The minimum absolute atomic E-state index is 0. The van der Waals surface area contributed by atoms with Crippen molar-refractivity contribution in [3.8, 4) is 0 Å². The van der Waals surface area contributed by atoms with Gasteiger partial charge in [0.15, 0.2) is 0 Å². The summed E-state index contributed by atoms with van der Waals surface area (Å²) in [6.07, 6.45) is 0.492. The number of nitrogens with zero attached hydrogens (tertiary/aromatic N) is 2. The molecule has 6 nitrogen and oxygen atoms in total. The molecule has 0 saturated carbocycles. The van der Waals surface area contributed by atoms with Gasteiger partial charge < -0.3 is 5.73 Å². The minimum Gasteiger partial charge on any atom is -0.398 e. The molecule has 1 unspecified atom stereocenters. The highest BCUT2D eigenvalue weighted by Crippen LogP contribution is 2.40. The molecule has 0 bridgehead atoms. The Bertz CT molecular complexity index is 1590. The molecule has 1 aliphatic heterocycles. The Kier molecular flexibility index (Phi) is 8.23. The molecule has 0 radical (unpaired) electrons. The second-order valence-electron chi connectivity index (χ2n) is 8.40. The predicted molar refractivity (Wildman–Crippen MR) is 156 cm³/mol.